The molecule has 3 rings (SSSR count). The van der Waals surface area contributed by atoms with Crippen molar-refractivity contribution in [3.8, 4) is 0 Å². The Kier molecular flexibility index (Phi) is 3.97. The van der Waals surface area contributed by atoms with E-state index in [2.05, 4.69) is 4.98 Å². The predicted octanol–water partition coefficient (Wildman–Crippen LogP) is 4.29. The van der Waals surface area contributed by atoms with Gasteiger partial charge in [-0.1, -0.05) is 72.3 Å². The SMILES string of the molecule is Cc1ncc(C(N)(c2ccccc2)c2ccccc2)cc1Cl. The first-order valence-corrected chi connectivity index (χ1v) is 7.52. The van der Waals surface area contributed by atoms with E-state index >= 15 is 0 Å². The van der Waals surface area contributed by atoms with Crippen LogP contribution in [0.3, 0.4) is 0 Å². The first-order valence-electron chi connectivity index (χ1n) is 7.15. The predicted molar refractivity (Wildman–Crippen MR) is 90.9 cm³/mol. The van der Waals surface area contributed by atoms with Crippen LogP contribution in [0.15, 0.2) is 72.9 Å². The molecule has 0 aliphatic rings. The highest BCUT2D eigenvalue weighted by Gasteiger charge is 2.32. The number of halogens is 1. The highest BCUT2D eigenvalue weighted by atomic mass is 35.5. The molecule has 0 aliphatic carbocycles. The molecule has 0 amide bonds. The van der Waals surface area contributed by atoms with E-state index in [1.807, 2.05) is 73.7 Å². The number of aryl methyl sites for hydroxylation is 1. The summed E-state index contributed by atoms with van der Waals surface area (Å²) in [5, 5.41) is 0.624. The van der Waals surface area contributed by atoms with Gasteiger partial charge in [0.05, 0.1) is 16.3 Å². The normalized spacial score (nSPS) is 11.4. The lowest BCUT2D eigenvalue weighted by molar-refractivity contribution is 0.649. The second-order valence-corrected chi connectivity index (χ2v) is 5.74. The van der Waals surface area contributed by atoms with Gasteiger partial charge in [0.25, 0.3) is 0 Å². The number of pyridine rings is 1. The van der Waals surface area contributed by atoms with Crippen molar-refractivity contribution in [2.45, 2.75) is 12.5 Å². The molecular weight excluding hydrogens is 292 g/mol. The number of aromatic nitrogens is 1. The van der Waals surface area contributed by atoms with Crippen LogP contribution >= 0.6 is 11.6 Å². The molecule has 0 saturated heterocycles. The van der Waals surface area contributed by atoms with E-state index in [1.54, 1.807) is 6.20 Å². The molecule has 0 spiro atoms. The van der Waals surface area contributed by atoms with Crippen LogP contribution in [-0.2, 0) is 5.54 Å². The van der Waals surface area contributed by atoms with Crippen molar-refractivity contribution >= 4 is 11.6 Å². The first kappa shape index (κ1) is 14.8. The summed E-state index contributed by atoms with van der Waals surface area (Å²) in [5.41, 5.74) is 9.78. The smallest absolute Gasteiger partial charge is 0.0938 e. The molecule has 0 bridgehead atoms. The van der Waals surface area contributed by atoms with Crippen molar-refractivity contribution in [2.24, 2.45) is 5.73 Å². The Morgan fingerprint density at radius 3 is 1.82 bits per heavy atom. The van der Waals surface area contributed by atoms with Crippen molar-refractivity contribution in [3.05, 3.63) is 100 Å². The molecule has 0 fully saturated rings. The second kappa shape index (κ2) is 5.91. The van der Waals surface area contributed by atoms with E-state index in [0.29, 0.717) is 5.02 Å². The molecule has 22 heavy (non-hydrogen) atoms. The van der Waals surface area contributed by atoms with Crippen LogP contribution in [0.1, 0.15) is 22.4 Å². The summed E-state index contributed by atoms with van der Waals surface area (Å²) in [6.45, 7) is 1.88. The lowest BCUT2D eigenvalue weighted by atomic mass is 9.78. The van der Waals surface area contributed by atoms with E-state index in [9.17, 15) is 0 Å². The minimum absolute atomic E-state index is 0.624. The Labute approximate surface area is 135 Å². The highest BCUT2D eigenvalue weighted by molar-refractivity contribution is 6.31. The molecule has 3 heteroatoms. The molecule has 0 aliphatic heterocycles. The lowest BCUT2D eigenvalue weighted by Gasteiger charge is -2.31. The molecule has 0 atom stereocenters. The van der Waals surface area contributed by atoms with Gasteiger partial charge >= 0.3 is 0 Å². The summed E-state index contributed by atoms with van der Waals surface area (Å²) in [4.78, 5) is 4.38. The van der Waals surface area contributed by atoms with Gasteiger partial charge in [0.2, 0.25) is 0 Å². The van der Waals surface area contributed by atoms with Crippen molar-refractivity contribution in [3.63, 3.8) is 0 Å². The molecule has 2 nitrogen and oxygen atoms in total. The highest BCUT2D eigenvalue weighted by Crippen LogP contribution is 2.35. The fourth-order valence-electron chi connectivity index (χ4n) is 2.62. The Balaban J connectivity index is 2.26. The van der Waals surface area contributed by atoms with Crippen molar-refractivity contribution < 1.29 is 0 Å². The van der Waals surface area contributed by atoms with E-state index in [4.69, 9.17) is 17.3 Å². The molecule has 1 heterocycles. The third kappa shape index (κ3) is 2.52. The molecule has 2 N–H and O–H groups in total. The number of rotatable bonds is 3. The van der Waals surface area contributed by atoms with Gasteiger partial charge in [-0.25, -0.2) is 0 Å². The Hall–Kier alpha value is -2.16. The molecule has 110 valence electrons. The van der Waals surface area contributed by atoms with E-state index in [-0.39, 0.29) is 0 Å². The zero-order valence-electron chi connectivity index (χ0n) is 12.3. The van der Waals surface area contributed by atoms with E-state index < -0.39 is 5.54 Å². The van der Waals surface area contributed by atoms with Gasteiger partial charge in [-0.05, 0) is 24.1 Å². The first-order chi connectivity index (χ1) is 10.6. The van der Waals surface area contributed by atoms with Gasteiger partial charge in [0.15, 0.2) is 0 Å². The molecule has 3 aromatic rings. The van der Waals surface area contributed by atoms with Crippen LogP contribution in [0.25, 0.3) is 0 Å². The Bertz CT molecular complexity index is 730. The fourth-order valence-corrected chi connectivity index (χ4v) is 2.79. The summed E-state index contributed by atoms with van der Waals surface area (Å²) in [7, 11) is 0. The maximum Gasteiger partial charge on any atom is 0.0938 e. The zero-order valence-corrected chi connectivity index (χ0v) is 13.1. The third-order valence-corrected chi connectivity index (χ3v) is 4.32. The van der Waals surface area contributed by atoms with Gasteiger partial charge in [-0.15, -0.1) is 0 Å². The number of hydrogen-bond acceptors (Lipinski definition) is 2. The van der Waals surface area contributed by atoms with E-state index in [0.717, 1.165) is 22.4 Å². The largest absolute Gasteiger partial charge is 0.314 e. The molecule has 0 unspecified atom stereocenters. The van der Waals surface area contributed by atoms with Gasteiger partial charge in [0, 0.05) is 11.8 Å². The van der Waals surface area contributed by atoms with E-state index in [1.165, 1.54) is 0 Å². The van der Waals surface area contributed by atoms with Crippen molar-refractivity contribution in [2.75, 3.05) is 0 Å². The maximum atomic E-state index is 6.88. The number of nitrogens with zero attached hydrogens (tertiary/aromatic N) is 1. The fraction of sp³-hybridized carbons (Fsp3) is 0.105. The summed E-state index contributed by atoms with van der Waals surface area (Å²) in [6, 6.07) is 21.9. The van der Waals surface area contributed by atoms with Crippen LogP contribution in [0, 0.1) is 6.92 Å². The minimum atomic E-state index is -0.785. The molecule has 0 saturated carbocycles. The van der Waals surface area contributed by atoms with Crippen molar-refractivity contribution in [1.29, 1.82) is 0 Å². The molecule has 2 aromatic carbocycles. The second-order valence-electron chi connectivity index (χ2n) is 5.33. The molecule has 0 radical (unpaired) electrons. The molecule has 1 aromatic heterocycles. The summed E-state index contributed by atoms with van der Waals surface area (Å²) in [6.07, 6.45) is 1.81. The van der Waals surface area contributed by atoms with Gasteiger partial charge < -0.3 is 5.73 Å². The minimum Gasteiger partial charge on any atom is -0.314 e. The van der Waals surface area contributed by atoms with Crippen LogP contribution < -0.4 is 5.73 Å². The standard InChI is InChI=1S/C19H17ClN2/c1-14-18(20)12-17(13-22-14)19(21,15-8-4-2-5-9-15)16-10-6-3-7-11-16/h2-13H,21H2,1H3. The topological polar surface area (TPSA) is 38.9 Å². The van der Waals surface area contributed by atoms with Gasteiger partial charge in [0.1, 0.15) is 0 Å². The van der Waals surface area contributed by atoms with Crippen LogP contribution in [0.5, 0.6) is 0 Å². The maximum absolute atomic E-state index is 6.88. The van der Waals surface area contributed by atoms with Crippen LogP contribution in [0.2, 0.25) is 5.02 Å². The van der Waals surface area contributed by atoms with Gasteiger partial charge in [-0.3, -0.25) is 4.98 Å². The average molecular weight is 309 g/mol. The van der Waals surface area contributed by atoms with Crippen LogP contribution in [-0.4, -0.2) is 4.98 Å². The lowest BCUT2D eigenvalue weighted by Crippen LogP contribution is -2.39. The number of nitrogens with two attached hydrogens (primary N) is 1. The summed E-state index contributed by atoms with van der Waals surface area (Å²) < 4.78 is 0. The number of benzene rings is 2. The third-order valence-electron chi connectivity index (χ3n) is 3.94. The zero-order chi connectivity index (χ0) is 15.6. The number of hydrogen-bond donors (Lipinski definition) is 1. The quantitative estimate of drug-likeness (QED) is 0.783. The Morgan fingerprint density at radius 1 is 0.864 bits per heavy atom. The Morgan fingerprint density at radius 2 is 1.36 bits per heavy atom. The average Bonchev–Trinajstić information content (AvgIpc) is 2.58. The van der Waals surface area contributed by atoms with Gasteiger partial charge in [-0.2, -0.15) is 0 Å². The molecular formula is C19H17ClN2. The summed E-state index contributed by atoms with van der Waals surface area (Å²) in [5.74, 6) is 0. The monoisotopic (exact) mass is 308 g/mol. The van der Waals surface area contributed by atoms with Crippen LogP contribution in [0.4, 0.5) is 0 Å². The summed E-state index contributed by atoms with van der Waals surface area (Å²) >= 11 is 6.28. The van der Waals surface area contributed by atoms with Crippen molar-refractivity contribution in [1.82, 2.24) is 4.98 Å².